The van der Waals surface area contributed by atoms with Crippen LogP contribution < -0.4 is 15.3 Å². The van der Waals surface area contributed by atoms with E-state index in [0.717, 1.165) is 28.0 Å². The molecule has 0 aliphatic carbocycles. The van der Waals surface area contributed by atoms with Gasteiger partial charge in [-0.1, -0.05) is 12.1 Å². The SMILES string of the molecule is COc1ccc2oc(=O)cc(-c3ccc(N(C)C)cc3)c2c1. The largest absolute Gasteiger partial charge is 0.497 e. The first-order chi connectivity index (χ1) is 10.6. The lowest BCUT2D eigenvalue weighted by Gasteiger charge is -2.13. The van der Waals surface area contributed by atoms with E-state index < -0.39 is 0 Å². The summed E-state index contributed by atoms with van der Waals surface area (Å²) in [5.41, 5.74) is 3.12. The van der Waals surface area contributed by atoms with Crippen LogP contribution in [0.25, 0.3) is 22.1 Å². The topological polar surface area (TPSA) is 42.7 Å². The first-order valence-electron chi connectivity index (χ1n) is 6.98. The number of benzene rings is 2. The van der Waals surface area contributed by atoms with Crippen molar-refractivity contribution in [2.24, 2.45) is 0 Å². The summed E-state index contributed by atoms with van der Waals surface area (Å²) in [6, 6.07) is 15.0. The van der Waals surface area contributed by atoms with E-state index in [4.69, 9.17) is 9.15 Å². The van der Waals surface area contributed by atoms with Gasteiger partial charge < -0.3 is 14.1 Å². The van der Waals surface area contributed by atoms with Crippen molar-refractivity contribution in [3.63, 3.8) is 0 Å². The molecule has 4 heteroatoms. The minimum Gasteiger partial charge on any atom is -0.497 e. The first kappa shape index (κ1) is 14.2. The van der Waals surface area contributed by atoms with Crippen LogP contribution >= 0.6 is 0 Å². The van der Waals surface area contributed by atoms with E-state index >= 15 is 0 Å². The zero-order valence-electron chi connectivity index (χ0n) is 12.8. The molecular formula is C18H17NO3. The molecular weight excluding hydrogens is 278 g/mol. The molecule has 4 nitrogen and oxygen atoms in total. The van der Waals surface area contributed by atoms with Crippen molar-refractivity contribution in [2.75, 3.05) is 26.1 Å². The van der Waals surface area contributed by atoms with Gasteiger partial charge in [0.15, 0.2) is 0 Å². The van der Waals surface area contributed by atoms with Crippen molar-refractivity contribution in [3.8, 4) is 16.9 Å². The number of ether oxygens (including phenoxy) is 1. The first-order valence-corrected chi connectivity index (χ1v) is 6.98. The number of anilines is 1. The predicted octanol–water partition coefficient (Wildman–Crippen LogP) is 3.53. The van der Waals surface area contributed by atoms with E-state index in [1.165, 1.54) is 6.07 Å². The quantitative estimate of drug-likeness (QED) is 0.693. The summed E-state index contributed by atoms with van der Waals surface area (Å²) < 4.78 is 10.5. The second-order valence-electron chi connectivity index (χ2n) is 5.28. The fraction of sp³-hybridized carbons (Fsp3) is 0.167. The van der Waals surface area contributed by atoms with E-state index in [1.807, 2.05) is 49.3 Å². The van der Waals surface area contributed by atoms with Crippen molar-refractivity contribution in [1.82, 2.24) is 0 Å². The van der Waals surface area contributed by atoms with Crippen molar-refractivity contribution >= 4 is 16.7 Å². The molecule has 0 aliphatic heterocycles. The Bertz CT molecular complexity index is 864. The Labute approximate surface area is 128 Å². The minimum atomic E-state index is -0.357. The molecule has 0 saturated carbocycles. The fourth-order valence-corrected chi connectivity index (χ4v) is 2.45. The lowest BCUT2D eigenvalue weighted by atomic mass is 10.0. The van der Waals surface area contributed by atoms with Crippen molar-refractivity contribution in [1.29, 1.82) is 0 Å². The van der Waals surface area contributed by atoms with Crippen LogP contribution in [0, 0.1) is 0 Å². The van der Waals surface area contributed by atoms with Gasteiger partial charge in [-0.25, -0.2) is 4.79 Å². The Hall–Kier alpha value is -2.75. The van der Waals surface area contributed by atoms with Crippen molar-refractivity contribution < 1.29 is 9.15 Å². The molecule has 1 heterocycles. The van der Waals surface area contributed by atoms with E-state index in [2.05, 4.69) is 0 Å². The van der Waals surface area contributed by atoms with E-state index in [9.17, 15) is 4.79 Å². The second kappa shape index (κ2) is 5.56. The number of nitrogens with zero attached hydrogens (tertiary/aromatic N) is 1. The van der Waals surface area contributed by atoms with Crippen LogP contribution in [-0.2, 0) is 0 Å². The maximum Gasteiger partial charge on any atom is 0.336 e. The number of hydrogen-bond acceptors (Lipinski definition) is 4. The van der Waals surface area contributed by atoms with Gasteiger partial charge in [0.2, 0.25) is 0 Å². The van der Waals surface area contributed by atoms with Gasteiger partial charge in [0.05, 0.1) is 7.11 Å². The number of hydrogen-bond donors (Lipinski definition) is 0. The molecule has 1 aromatic heterocycles. The predicted molar refractivity (Wildman–Crippen MR) is 88.8 cm³/mol. The molecule has 0 N–H and O–H groups in total. The summed E-state index contributed by atoms with van der Waals surface area (Å²) in [6.07, 6.45) is 0. The molecule has 0 unspecified atom stereocenters. The summed E-state index contributed by atoms with van der Waals surface area (Å²) >= 11 is 0. The maximum atomic E-state index is 11.8. The monoisotopic (exact) mass is 295 g/mol. The Morgan fingerprint density at radius 1 is 1.00 bits per heavy atom. The zero-order chi connectivity index (χ0) is 15.7. The Morgan fingerprint density at radius 3 is 2.36 bits per heavy atom. The third-order valence-electron chi connectivity index (χ3n) is 3.64. The molecule has 0 radical (unpaired) electrons. The highest BCUT2D eigenvalue weighted by Crippen LogP contribution is 2.30. The maximum absolute atomic E-state index is 11.8. The highest BCUT2D eigenvalue weighted by Gasteiger charge is 2.09. The van der Waals surface area contributed by atoms with E-state index in [0.29, 0.717) is 5.58 Å². The van der Waals surface area contributed by atoms with Crippen LogP contribution in [0.4, 0.5) is 5.69 Å². The standard InChI is InChI=1S/C18H17NO3/c1-19(2)13-6-4-12(5-7-13)15-11-18(20)22-17-9-8-14(21-3)10-16(15)17/h4-11H,1-3H3. The number of fused-ring (bicyclic) bond motifs is 1. The van der Waals surface area contributed by atoms with Gasteiger partial charge in [-0.2, -0.15) is 0 Å². The molecule has 0 amide bonds. The summed E-state index contributed by atoms with van der Waals surface area (Å²) in [5, 5.41) is 0.858. The van der Waals surface area contributed by atoms with Gasteiger partial charge in [-0.3, -0.25) is 0 Å². The average molecular weight is 295 g/mol. The van der Waals surface area contributed by atoms with Gasteiger partial charge in [0.1, 0.15) is 11.3 Å². The molecule has 112 valence electrons. The van der Waals surface area contributed by atoms with Gasteiger partial charge in [0.25, 0.3) is 0 Å². The van der Waals surface area contributed by atoms with E-state index in [1.54, 1.807) is 19.2 Å². The van der Waals surface area contributed by atoms with E-state index in [-0.39, 0.29) is 5.63 Å². The van der Waals surface area contributed by atoms with Crippen LogP contribution in [0.15, 0.2) is 57.7 Å². The van der Waals surface area contributed by atoms with Gasteiger partial charge in [-0.05, 0) is 41.5 Å². The molecule has 0 spiro atoms. The van der Waals surface area contributed by atoms with Crippen LogP contribution in [0.1, 0.15) is 0 Å². The average Bonchev–Trinajstić information content (AvgIpc) is 2.53. The smallest absolute Gasteiger partial charge is 0.336 e. The van der Waals surface area contributed by atoms with Crippen molar-refractivity contribution in [3.05, 3.63) is 59.0 Å². The van der Waals surface area contributed by atoms with Crippen molar-refractivity contribution in [2.45, 2.75) is 0 Å². The highest BCUT2D eigenvalue weighted by atomic mass is 16.5. The third-order valence-corrected chi connectivity index (χ3v) is 3.64. The van der Waals surface area contributed by atoms with Crippen LogP contribution in [0.3, 0.4) is 0 Å². The Kier molecular flexibility index (Phi) is 3.59. The molecule has 0 fully saturated rings. The Balaban J connectivity index is 2.22. The Morgan fingerprint density at radius 2 is 1.73 bits per heavy atom. The summed E-state index contributed by atoms with van der Waals surface area (Å²) in [7, 11) is 5.60. The second-order valence-corrected chi connectivity index (χ2v) is 5.28. The van der Waals surface area contributed by atoms with Crippen LogP contribution in [0.2, 0.25) is 0 Å². The fourth-order valence-electron chi connectivity index (χ4n) is 2.45. The normalized spacial score (nSPS) is 10.7. The number of methoxy groups -OCH3 is 1. The molecule has 22 heavy (non-hydrogen) atoms. The summed E-state index contributed by atoms with van der Waals surface area (Å²) in [6.45, 7) is 0. The third kappa shape index (κ3) is 2.55. The molecule has 3 aromatic rings. The summed E-state index contributed by atoms with van der Waals surface area (Å²) in [4.78, 5) is 13.8. The van der Waals surface area contributed by atoms with Gasteiger partial charge >= 0.3 is 5.63 Å². The van der Waals surface area contributed by atoms with Crippen LogP contribution in [-0.4, -0.2) is 21.2 Å². The molecule has 0 atom stereocenters. The minimum absolute atomic E-state index is 0.357. The lowest BCUT2D eigenvalue weighted by molar-refractivity contribution is 0.415. The van der Waals surface area contributed by atoms with Gasteiger partial charge in [-0.15, -0.1) is 0 Å². The molecule has 2 aromatic carbocycles. The van der Waals surface area contributed by atoms with Crippen LogP contribution in [0.5, 0.6) is 5.75 Å². The zero-order valence-corrected chi connectivity index (χ0v) is 12.8. The number of rotatable bonds is 3. The molecule has 0 aliphatic rings. The van der Waals surface area contributed by atoms with Gasteiger partial charge in [0, 0.05) is 31.2 Å². The lowest BCUT2D eigenvalue weighted by Crippen LogP contribution is -2.08. The highest BCUT2D eigenvalue weighted by molar-refractivity contribution is 5.94. The molecule has 0 bridgehead atoms. The summed E-state index contributed by atoms with van der Waals surface area (Å²) in [5.74, 6) is 0.729. The molecule has 3 rings (SSSR count). The molecule has 0 saturated heterocycles.